The average molecular weight is 519 g/mol. The number of halogens is 3. The zero-order valence-electron chi connectivity index (χ0n) is 19.4. The van der Waals surface area contributed by atoms with Crippen LogP contribution in [0.2, 0.25) is 0 Å². The van der Waals surface area contributed by atoms with Crippen LogP contribution in [0.5, 0.6) is 0 Å². The molecular weight excluding hydrogens is 493 g/mol. The van der Waals surface area contributed by atoms with Crippen molar-refractivity contribution in [2.45, 2.75) is 23.7 Å². The largest absolute Gasteiger partial charge is 0.433 e. The molecule has 0 spiro atoms. The van der Waals surface area contributed by atoms with Crippen molar-refractivity contribution >= 4 is 21.4 Å². The molecule has 1 unspecified atom stereocenters. The highest BCUT2D eigenvalue weighted by atomic mass is 32.2. The highest BCUT2D eigenvalue weighted by Gasteiger charge is 2.33. The second kappa shape index (κ2) is 9.90. The molecule has 2 aromatic carbocycles. The molecule has 190 valence electrons. The monoisotopic (exact) mass is 518 g/mol. The van der Waals surface area contributed by atoms with Gasteiger partial charge in [0, 0.05) is 44.3 Å². The Bertz CT molecular complexity index is 1350. The van der Waals surface area contributed by atoms with Gasteiger partial charge in [0.2, 0.25) is 5.91 Å². The summed E-state index contributed by atoms with van der Waals surface area (Å²) in [6.07, 6.45) is -2.22. The number of alkyl halides is 3. The molecule has 4 rings (SSSR count). The van der Waals surface area contributed by atoms with E-state index in [-0.39, 0.29) is 16.5 Å². The summed E-state index contributed by atoms with van der Waals surface area (Å²) in [5.41, 5.74) is 6.68. The first-order valence-corrected chi connectivity index (χ1v) is 13.0. The minimum atomic E-state index is -4.49. The van der Waals surface area contributed by atoms with E-state index in [0.29, 0.717) is 37.4 Å². The van der Waals surface area contributed by atoms with Crippen LogP contribution in [0.1, 0.15) is 33.2 Å². The van der Waals surface area contributed by atoms with Crippen molar-refractivity contribution in [3.05, 3.63) is 89.2 Å². The predicted octanol–water partition coefficient (Wildman–Crippen LogP) is 3.67. The van der Waals surface area contributed by atoms with Crippen molar-refractivity contribution in [3.8, 4) is 0 Å². The van der Waals surface area contributed by atoms with Gasteiger partial charge in [-0.15, -0.1) is 0 Å². The fourth-order valence-corrected chi connectivity index (χ4v) is 5.28. The van der Waals surface area contributed by atoms with Crippen molar-refractivity contribution in [1.29, 1.82) is 0 Å². The van der Waals surface area contributed by atoms with Gasteiger partial charge in [-0.05, 0) is 35.4 Å². The third-order valence-electron chi connectivity index (χ3n) is 6.17. The lowest BCUT2D eigenvalue weighted by Gasteiger charge is -2.43. The molecule has 1 saturated heterocycles. The average Bonchev–Trinajstić information content (AvgIpc) is 2.83. The third kappa shape index (κ3) is 5.68. The van der Waals surface area contributed by atoms with Gasteiger partial charge in [-0.25, -0.2) is 8.42 Å². The number of hydrogen-bond donors (Lipinski definition) is 1. The summed E-state index contributed by atoms with van der Waals surface area (Å²) in [6, 6.07) is 16.5. The number of pyridine rings is 1. The van der Waals surface area contributed by atoms with Gasteiger partial charge >= 0.3 is 6.18 Å². The molecule has 1 aliphatic heterocycles. The van der Waals surface area contributed by atoms with Crippen LogP contribution in [0, 0.1) is 0 Å². The van der Waals surface area contributed by atoms with Crippen LogP contribution in [0.15, 0.2) is 71.8 Å². The van der Waals surface area contributed by atoms with Crippen molar-refractivity contribution in [1.82, 2.24) is 9.88 Å². The molecule has 1 amide bonds. The molecule has 3 aromatic rings. The lowest BCUT2D eigenvalue weighted by molar-refractivity contribution is -0.141. The summed E-state index contributed by atoms with van der Waals surface area (Å²) in [5, 5.41) is 0. The van der Waals surface area contributed by atoms with Crippen molar-refractivity contribution in [2.24, 2.45) is 5.73 Å². The van der Waals surface area contributed by atoms with E-state index in [1.54, 1.807) is 6.07 Å². The van der Waals surface area contributed by atoms with E-state index in [1.165, 1.54) is 24.4 Å². The third-order valence-corrected chi connectivity index (χ3v) is 7.31. The first-order valence-electron chi connectivity index (χ1n) is 11.1. The molecule has 0 bridgehead atoms. The molecule has 0 aliphatic carbocycles. The molecule has 2 heterocycles. The molecule has 0 radical (unpaired) electrons. The van der Waals surface area contributed by atoms with Crippen LogP contribution in [0.25, 0.3) is 0 Å². The van der Waals surface area contributed by atoms with Crippen molar-refractivity contribution in [2.75, 3.05) is 30.8 Å². The minimum absolute atomic E-state index is 0.0608. The molecular formula is C25H25F3N4O3S. The lowest BCUT2D eigenvalue weighted by Crippen LogP contribution is -2.48. The highest BCUT2D eigenvalue weighted by Crippen LogP contribution is 2.32. The van der Waals surface area contributed by atoms with E-state index in [0.717, 1.165) is 17.9 Å². The molecule has 0 saturated carbocycles. The predicted molar refractivity (Wildman–Crippen MR) is 129 cm³/mol. The van der Waals surface area contributed by atoms with E-state index < -0.39 is 27.6 Å². The van der Waals surface area contributed by atoms with Crippen LogP contribution in [0.3, 0.4) is 0 Å². The van der Waals surface area contributed by atoms with Crippen LogP contribution < -0.4 is 10.6 Å². The molecule has 2 N–H and O–H groups in total. The van der Waals surface area contributed by atoms with Crippen LogP contribution in [-0.4, -0.2) is 50.1 Å². The number of nitrogens with zero attached hydrogens (tertiary/aromatic N) is 3. The first-order chi connectivity index (χ1) is 16.9. The molecule has 11 heteroatoms. The summed E-state index contributed by atoms with van der Waals surface area (Å²) in [4.78, 5) is 19.4. The van der Waals surface area contributed by atoms with Gasteiger partial charge in [0.1, 0.15) is 5.69 Å². The van der Waals surface area contributed by atoms with Gasteiger partial charge in [0.15, 0.2) is 9.84 Å². The molecule has 1 aromatic heterocycles. The Morgan fingerprint density at radius 1 is 1.08 bits per heavy atom. The number of anilines is 1. The topological polar surface area (TPSA) is 96.6 Å². The molecule has 1 aliphatic rings. The smallest absolute Gasteiger partial charge is 0.368 e. The molecule has 1 fully saturated rings. The summed E-state index contributed by atoms with van der Waals surface area (Å²) >= 11 is 0. The maximum atomic E-state index is 12.9. The number of primary amides is 1. The first kappa shape index (κ1) is 25.6. The second-order valence-electron chi connectivity index (χ2n) is 8.71. The van der Waals surface area contributed by atoms with E-state index in [1.807, 2.05) is 35.2 Å². The van der Waals surface area contributed by atoms with E-state index in [2.05, 4.69) is 9.88 Å². The normalized spacial score (nSPS) is 17.2. The summed E-state index contributed by atoms with van der Waals surface area (Å²) in [7, 11) is -3.70. The van der Waals surface area contributed by atoms with Crippen LogP contribution in [-0.2, 0) is 22.6 Å². The van der Waals surface area contributed by atoms with Gasteiger partial charge in [0.05, 0.1) is 16.5 Å². The Labute approximate surface area is 207 Å². The molecule has 7 nitrogen and oxygen atoms in total. The van der Waals surface area contributed by atoms with Gasteiger partial charge in [-0.1, -0.05) is 36.4 Å². The number of benzene rings is 2. The van der Waals surface area contributed by atoms with Gasteiger partial charge in [-0.3, -0.25) is 14.7 Å². The maximum absolute atomic E-state index is 12.9. The van der Waals surface area contributed by atoms with E-state index in [4.69, 9.17) is 5.73 Å². The quantitative estimate of drug-likeness (QED) is 0.535. The van der Waals surface area contributed by atoms with Gasteiger partial charge in [0.25, 0.3) is 0 Å². The van der Waals surface area contributed by atoms with E-state index in [9.17, 15) is 26.4 Å². The number of piperazine rings is 1. The number of aromatic nitrogens is 1. The maximum Gasteiger partial charge on any atom is 0.433 e. The van der Waals surface area contributed by atoms with Crippen LogP contribution >= 0.6 is 0 Å². The SMILES string of the molecule is CS(=O)(=O)c1cc(N2CCN(Cc3ccc(C(F)(F)F)nc3)C(c3ccccc3)C2)ccc1C(N)=O. The Morgan fingerprint density at radius 2 is 1.81 bits per heavy atom. The fraction of sp³-hybridized carbons (Fsp3) is 0.280. The molecule has 36 heavy (non-hydrogen) atoms. The number of sulfone groups is 1. The highest BCUT2D eigenvalue weighted by molar-refractivity contribution is 7.90. The molecule has 1 atom stereocenters. The summed E-state index contributed by atoms with van der Waals surface area (Å²) < 4.78 is 63.3. The summed E-state index contributed by atoms with van der Waals surface area (Å²) in [5.74, 6) is -0.820. The van der Waals surface area contributed by atoms with Crippen molar-refractivity contribution in [3.63, 3.8) is 0 Å². The standard InChI is InChI=1S/C25H25F3N4O3S/c1-36(34,35)22-13-19(8-9-20(22)24(29)33)31-11-12-32(21(16-31)18-5-3-2-4-6-18)15-17-7-10-23(30-14-17)25(26,27)28/h2-10,13-14,21H,11-12,15-16H2,1H3,(H2,29,33). The Morgan fingerprint density at radius 3 is 2.39 bits per heavy atom. The Balaban J connectivity index is 1.62. The Hall–Kier alpha value is -3.44. The lowest BCUT2D eigenvalue weighted by atomic mass is 10.0. The zero-order chi connectivity index (χ0) is 26.1. The number of nitrogens with two attached hydrogens (primary N) is 1. The Kier molecular flexibility index (Phi) is 7.05. The van der Waals surface area contributed by atoms with Crippen molar-refractivity contribution < 1.29 is 26.4 Å². The zero-order valence-corrected chi connectivity index (χ0v) is 20.3. The van der Waals surface area contributed by atoms with E-state index >= 15 is 0 Å². The minimum Gasteiger partial charge on any atom is -0.368 e. The summed E-state index contributed by atoms with van der Waals surface area (Å²) in [6.45, 7) is 1.99. The number of carbonyl (C=O) groups is 1. The van der Waals surface area contributed by atoms with Crippen LogP contribution in [0.4, 0.5) is 18.9 Å². The number of rotatable bonds is 6. The second-order valence-corrected chi connectivity index (χ2v) is 10.7. The number of amides is 1. The fourth-order valence-electron chi connectivity index (χ4n) is 4.37. The van der Waals surface area contributed by atoms with Gasteiger partial charge in [-0.2, -0.15) is 13.2 Å². The number of carbonyl (C=O) groups excluding carboxylic acids is 1. The number of hydrogen-bond acceptors (Lipinski definition) is 6. The van der Waals surface area contributed by atoms with Gasteiger partial charge < -0.3 is 10.6 Å².